The number of sulfone groups is 1. The molecule has 2 aromatic heterocycles. The predicted molar refractivity (Wildman–Crippen MR) is 107 cm³/mol. The van der Waals surface area contributed by atoms with Crippen LogP contribution in [-0.2, 0) is 23.1 Å². The number of halogens is 4. The van der Waals surface area contributed by atoms with Gasteiger partial charge in [0.15, 0.2) is 10.7 Å². The molecule has 1 aliphatic rings. The van der Waals surface area contributed by atoms with E-state index < -0.39 is 43.7 Å². The van der Waals surface area contributed by atoms with E-state index in [1.807, 2.05) is 0 Å². The number of rotatable bonds is 4. The highest BCUT2D eigenvalue weighted by Gasteiger charge is 2.50. The van der Waals surface area contributed by atoms with Crippen LogP contribution >= 0.6 is 0 Å². The van der Waals surface area contributed by atoms with Crippen LogP contribution in [0.15, 0.2) is 29.4 Å². The maximum atomic E-state index is 15.6. The molecule has 0 aliphatic carbocycles. The number of hydrogen-bond acceptors (Lipinski definition) is 5. The zero-order valence-electron chi connectivity index (χ0n) is 17.6. The largest absolute Gasteiger partial charge is 0.435 e. The van der Waals surface area contributed by atoms with Crippen molar-refractivity contribution in [1.82, 2.24) is 19.7 Å². The summed E-state index contributed by atoms with van der Waals surface area (Å²) in [6, 6.07) is 3.32. The van der Waals surface area contributed by atoms with Gasteiger partial charge in [-0.3, -0.25) is 9.67 Å². The molecule has 0 radical (unpaired) electrons. The topological polar surface area (TPSA) is 97.2 Å². The number of carbonyl (C=O) groups excluding carboxylic acids is 1. The van der Waals surface area contributed by atoms with Crippen LogP contribution in [0.1, 0.15) is 31.2 Å². The summed E-state index contributed by atoms with van der Waals surface area (Å²) < 4.78 is 80.6. The highest BCUT2D eigenvalue weighted by molar-refractivity contribution is 7.92. The van der Waals surface area contributed by atoms with Crippen molar-refractivity contribution in [1.29, 1.82) is 0 Å². The van der Waals surface area contributed by atoms with E-state index in [9.17, 15) is 26.4 Å². The molecule has 0 bridgehead atoms. The quantitative estimate of drug-likeness (QED) is 0.680. The molecule has 1 aliphatic heterocycles. The Morgan fingerprint density at radius 2 is 1.81 bits per heavy atom. The number of pyridine rings is 1. The van der Waals surface area contributed by atoms with Crippen LogP contribution < -0.4 is 5.32 Å². The highest BCUT2D eigenvalue weighted by Crippen LogP contribution is 2.40. The van der Waals surface area contributed by atoms with Crippen molar-refractivity contribution in [2.24, 2.45) is 13.0 Å². The second kappa shape index (κ2) is 8.34. The molecule has 32 heavy (non-hydrogen) atoms. The molecule has 3 heterocycles. The van der Waals surface area contributed by atoms with E-state index in [4.69, 9.17) is 0 Å². The third-order valence-electron chi connectivity index (χ3n) is 5.60. The van der Waals surface area contributed by atoms with E-state index in [1.165, 1.54) is 11.1 Å². The minimum Gasteiger partial charge on any atom is -0.325 e. The lowest BCUT2D eigenvalue weighted by molar-refractivity contribution is -0.141. The molecular weight excluding hydrogens is 454 g/mol. The fraction of sp³-hybridized carbons (Fsp3) is 0.526. The summed E-state index contributed by atoms with van der Waals surface area (Å²) in [5.74, 6) is -1.01. The van der Waals surface area contributed by atoms with Crippen molar-refractivity contribution >= 4 is 21.6 Å². The molecule has 176 valence electrons. The predicted octanol–water partition coefficient (Wildman–Crippen LogP) is 3.55. The average molecular weight is 477 g/mol. The molecule has 13 heteroatoms. The van der Waals surface area contributed by atoms with Crippen molar-refractivity contribution in [3.05, 3.63) is 35.8 Å². The van der Waals surface area contributed by atoms with Gasteiger partial charge < -0.3 is 10.2 Å². The van der Waals surface area contributed by atoms with Gasteiger partial charge >= 0.3 is 12.2 Å². The molecule has 8 nitrogen and oxygen atoms in total. The van der Waals surface area contributed by atoms with Crippen LogP contribution in [0.3, 0.4) is 0 Å². The summed E-state index contributed by atoms with van der Waals surface area (Å²) in [6.07, 6.45) is -3.32. The Bertz CT molecular complexity index is 1090. The Labute approximate surface area is 182 Å². The van der Waals surface area contributed by atoms with Crippen molar-refractivity contribution < 1.29 is 30.8 Å². The minimum absolute atomic E-state index is 0.0236. The van der Waals surface area contributed by atoms with Gasteiger partial charge in [0.05, 0.1) is 11.9 Å². The van der Waals surface area contributed by atoms with Crippen LogP contribution in [0, 0.1) is 12.8 Å². The molecule has 1 N–H and O–H groups in total. The fourth-order valence-corrected chi connectivity index (χ4v) is 5.35. The Morgan fingerprint density at radius 3 is 2.31 bits per heavy atom. The number of hydrogen-bond donors (Lipinski definition) is 1. The number of anilines is 1. The van der Waals surface area contributed by atoms with E-state index in [0.717, 1.165) is 19.7 Å². The smallest absolute Gasteiger partial charge is 0.325 e. The van der Waals surface area contributed by atoms with Gasteiger partial charge in [0.25, 0.3) is 0 Å². The van der Waals surface area contributed by atoms with Gasteiger partial charge in [-0.15, -0.1) is 0 Å². The second-order valence-corrected chi connectivity index (χ2v) is 10.1. The zero-order valence-corrected chi connectivity index (χ0v) is 18.5. The lowest BCUT2D eigenvalue weighted by atomic mass is 9.92. The van der Waals surface area contributed by atoms with Crippen molar-refractivity contribution in [3.8, 4) is 0 Å². The van der Waals surface area contributed by atoms with Crippen molar-refractivity contribution in [3.63, 3.8) is 0 Å². The summed E-state index contributed by atoms with van der Waals surface area (Å²) in [5.41, 5.74) is -0.146. The monoisotopic (exact) mass is 477 g/mol. The van der Waals surface area contributed by atoms with Gasteiger partial charge in [0.1, 0.15) is 0 Å². The number of nitrogens with one attached hydrogen (secondary N) is 1. The van der Waals surface area contributed by atoms with Crippen LogP contribution in [0.4, 0.5) is 28.0 Å². The standard InChI is InChI=1S/C19H23F4N5O3S/c1-12-4-5-14(11-24-12)25-17(29)28-8-6-13(7-9-28)18(2,20)32(30,31)16-10-15(19(21,22)23)26-27(16)3/h4-5,10-11,13H,6-9H2,1-3H3,(H,25,29). The van der Waals surface area contributed by atoms with Crippen LogP contribution in [0.2, 0.25) is 0 Å². The van der Waals surface area contributed by atoms with Gasteiger partial charge in [0.2, 0.25) is 14.8 Å². The first-order valence-corrected chi connectivity index (χ1v) is 11.2. The zero-order chi connectivity index (χ0) is 23.9. The first kappa shape index (κ1) is 24.0. The van der Waals surface area contributed by atoms with Gasteiger partial charge in [-0.1, -0.05) is 0 Å². The second-order valence-electron chi connectivity index (χ2n) is 7.86. The number of aryl methyl sites for hydroxylation is 2. The number of piperidine rings is 1. The molecule has 2 amide bonds. The van der Waals surface area contributed by atoms with Gasteiger partial charge in [-0.25, -0.2) is 17.6 Å². The number of carbonyl (C=O) groups is 1. The van der Waals surface area contributed by atoms with E-state index in [0.29, 0.717) is 16.4 Å². The summed E-state index contributed by atoms with van der Waals surface area (Å²) in [5, 5.41) is 2.15. The third-order valence-corrected chi connectivity index (χ3v) is 7.92. The number of urea groups is 1. The highest BCUT2D eigenvalue weighted by atomic mass is 32.2. The van der Waals surface area contributed by atoms with Crippen LogP contribution in [-0.4, -0.2) is 52.2 Å². The fourth-order valence-electron chi connectivity index (χ4n) is 3.61. The lowest BCUT2D eigenvalue weighted by Gasteiger charge is -2.37. The van der Waals surface area contributed by atoms with Crippen LogP contribution in [0.25, 0.3) is 0 Å². The first-order valence-electron chi connectivity index (χ1n) is 9.77. The number of alkyl halides is 4. The maximum absolute atomic E-state index is 15.6. The van der Waals surface area contributed by atoms with Crippen molar-refractivity contribution in [2.45, 2.75) is 42.9 Å². The summed E-state index contributed by atoms with van der Waals surface area (Å²) in [7, 11) is -3.77. The number of amides is 2. The summed E-state index contributed by atoms with van der Waals surface area (Å²) in [4.78, 5) is 17.9. The van der Waals surface area contributed by atoms with Gasteiger partial charge in [-0.05, 0) is 38.8 Å². The number of aromatic nitrogens is 3. The van der Waals surface area contributed by atoms with Gasteiger partial charge in [-0.2, -0.15) is 18.3 Å². The molecule has 1 saturated heterocycles. The molecule has 0 spiro atoms. The van der Waals surface area contributed by atoms with Gasteiger partial charge in [0, 0.05) is 37.8 Å². The average Bonchev–Trinajstić information content (AvgIpc) is 3.12. The lowest BCUT2D eigenvalue weighted by Crippen LogP contribution is -2.48. The van der Waals surface area contributed by atoms with Crippen molar-refractivity contribution in [2.75, 3.05) is 18.4 Å². The third kappa shape index (κ3) is 4.57. The molecule has 2 aromatic rings. The molecule has 1 unspecified atom stereocenters. The molecule has 1 fully saturated rings. The Balaban J connectivity index is 1.70. The molecule has 0 aromatic carbocycles. The van der Waals surface area contributed by atoms with Crippen LogP contribution in [0.5, 0.6) is 0 Å². The number of nitrogens with zero attached hydrogens (tertiary/aromatic N) is 4. The maximum Gasteiger partial charge on any atom is 0.435 e. The Kier molecular flexibility index (Phi) is 6.24. The van der Waals surface area contributed by atoms with E-state index in [-0.39, 0.29) is 25.9 Å². The Morgan fingerprint density at radius 1 is 1.19 bits per heavy atom. The molecular formula is C19H23F4N5O3S. The summed E-state index contributed by atoms with van der Waals surface area (Å²) in [6.45, 7) is 2.82. The normalized spacial score (nSPS) is 17.8. The summed E-state index contributed by atoms with van der Waals surface area (Å²) >= 11 is 0. The Hall–Kier alpha value is -2.70. The van der Waals surface area contributed by atoms with E-state index >= 15 is 4.39 Å². The van der Waals surface area contributed by atoms with E-state index in [2.05, 4.69) is 15.4 Å². The van der Waals surface area contributed by atoms with E-state index in [1.54, 1.807) is 19.1 Å². The molecule has 0 saturated carbocycles. The SMILES string of the molecule is Cc1ccc(NC(=O)N2CCC(C(C)(F)S(=O)(=O)c3cc(C(F)(F)F)nn3C)CC2)cn1. The molecule has 3 rings (SSSR count). The minimum atomic E-state index is -4.86. The molecule has 1 atom stereocenters. The number of likely N-dealkylation sites (tertiary alicyclic amines) is 1. The first-order chi connectivity index (χ1) is 14.7.